The van der Waals surface area contributed by atoms with Gasteiger partial charge in [-0.1, -0.05) is 15.9 Å². The van der Waals surface area contributed by atoms with Crippen LogP contribution in [0.3, 0.4) is 0 Å². The van der Waals surface area contributed by atoms with Crippen molar-refractivity contribution >= 4 is 38.4 Å². The summed E-state index contributed by atoms with van der Waals surface area (Å²) in [6.07, 6.45) is 2.63. The first-order valence-electron chi connectivity index (χ1n) is 5.64. The number of benzene rings is 1. The van der Waals surface area contributed by atoms with Gasteiger partial charge >= 0.3 is 0 Å². The molecule has 2 aromatic rings. The highest BCUT2D eigenvalue weighted by molar-refractivity contribution is 9.09. The molecule has 1 aliphatic heterocycles. The first kappa shape index (κ1) is 10.8. The average molecular weight is 293 g/mol. The summed E-state index contributed by atoms with van der Waals surface area (Å²) in [6.45, 7) is 0.761. The van der Waals surface area contributed by atoms with Gasteiger partial charge in [0.25, 0.3) is 0 Å². The molecule has 88 valence electrons. The summed E-state index contributed by atoms with van der Waals surface area (Å²) >= 11 is 3.50. The lowest BCUT2D eigenvalue weighted by Gasteiger charge is -2.16. The lowest BCUT2D eigenvalue weighted by Crippen LogP contribution is -2.24. The van der Waals surface area contributed by atoms with Gasteiger partial charge in [-0.3, -0.25) is 4.79 Å². The molecule has 1 aromatic heterocycles. The predicted octanol–water partition coefficient (Wildman–Crippen LogP) is 2.68. The second-order valence-electron chi connectivity index (χ2n) is 4.48. The zero-order valence-electron chi connectivity index (χ0n) is 9.56. The van der Waals surface area contributed by atoms with E-state index in [1.54, 1.807) is 0 Å². The molecule has 17 heavy (non-hydrogen) atoms. The Bertz CT molecular complexity index is 590. The monoisotopic (exact) mass is 292 g/mol. The maximum atomic E-state index is 11.8. The highest BCUT2D eigenvalue weighted by atomic mass is 79.9. The molecular formula is C13H13BrN2O. The number of hydrogen-bond acceptors (Lipinski definition) is 1. The quantitative estimate of drug-likeness (QED) is 0.742. The van der Waals surface area contributed by atoms with E-state index < -0.39 is 0 Å². The molecule has 4 heteroatoms. The van der Waals surface area contributed by atoms with Crippen LogP contribution in [-0.2, 0) is 11.8 Å². The summed E-state index contributed by atoms with van der Waals surface area (Å²) in [4.78, 5) is 13.9. The molecule has 1 aromatic carbocycles. The highest BCUT2D eigenvalue weighted by Crippen LogP contribution is 2.28. The molecule has 0 bridgehead atoms. The van der Waals surface area contributed by atoms with E-state index in [1.807, 2.05) is 24.2 Å². The van der Waals surface area contributed by atoms with Gasteiger partial charge < -0.3 is 9.47 Å². The van der Waals surface area contributed by atoms with Crippen LogP contribution < -0.4 is 4.90 Å². The number of rotatable bonds is 1. The normalized spacial score (nSPS) is 20.5. The Hall–Kier alpha value is -1.29. The first-order chi connectivity index (χ1) is 8.15. The number of aryl methyl sites for hydroxylation is 1. The number of aromatic nitrogens is 1. The molecule has 1 fully saturated rings. The van der Waals surface area contributed by atoms with Crippen LogP contribution in [0.1, 0.15) is 6.42 Å². The minimum atomic E-state index is 0.196. The molecule has 1 aliphatic rings. The number of alkyl halides is 1. The molecule has 2 heterocycles. The van der Waals surface area contributed by atoms with Gasteiger partial charge in [0.2, 0.25) is 5.91 Å². The van der Waals surface area contributed by atoms with Gasteiger partial charge in [0.15, 0.2) is 0 Å². The van der Waals surface area contributed by atoms with Crippen molar-refractivity contribution in [2.24, 2.45) is 7.05 Å². The van der Waals surface area contributed by atoms with E-state index >= 15 is 0 Å². The van der Waals surface area contributed by atoms with Crippen LogP contribution in [-0.4, -0.2) is 21.8 Å². The minimum Gasteiger partial charge on any atom is -0.351 e. The second-order valence-corrected chi connectivity index (χ2v) is 5.77. The van der Waals surface area contributed by atoms with Gasteiger partial charge in [-0.05, 0) is 24.3 Å². The molecule has 0 aliphatic carbocycles. The van der Waals surface area contributed by atoms with Crippen molar-refractivity contribution < 1.29 is 4.79 Å². The number of anilines is 1. The Morgan fingerprint density at radius 2 is 2.18 bits per heavy atom. The van der Waals surface area contributed by atoms with Gasteiger partial charge in [-0.25, -0.2) is 0 Å². The number of hydrogen-bond donors (Lipinski definition) is 0. The molecule has 0 radical (unpaired) electrons. The molecule has 0 N–H and O–H groups in total. The topological polar surface area (TPSA) is 25.2 Å². The Morgan fingerprint density at radius 1 is 1.35 bits per heavy atom. The maximum Gasteiger partial charge on any atom is 0.228 e. The summed E-state index contributed by atoms with van der Waals surface area (Å²) in [5.41, 5.74) is 2.19. The van der Waals surface area contributed by atoms with Crippen molar-refractivity contribution in [3.8, 4) is 0 Å². The van der Waals surface area contributed by atoms with Crippen LogP contribution in [0.15, 0.2) is 30.5 Å². The molecule has 0 spiro atoms. The Morgan fingerprint density at radius 3 is 2.88 bits per heavy atom. The third-order valence-corrected chi connectivity index (χ3v) is 3.87. The van der Waals surface area contributed by atoms with Crippen LogP contribution >= 0.6 is 15.9 Å². The zero-order valence-corrected chi connectivity index (χ0v) is 11.1. The summed E-state index contributed by atoms with van der Waals surface area (Å²) in [7, 11) is 2.03. The fraction of sp³-hybridized carbons (Fsp3) is 0.308. The number of carbonyl (C=O) groups excluding carboxylic acids is 1. The average Bonchev–Trinajstić information content (AvgIpc) is 2.82. The van der Waals surface area contributed by atoms with Crippen LogP contribution in [0.25, 0.3) is 10.9 Å². The summed E-state index contributed by atoms with van der Waals surface area (Å²) in [5, 5.41) is 1.18. The van der Waals surface area contributed by atoms with E-state index in [-0.39, 0.29) is 10.7 Å². The van der Waals surface area contributed by atoms with Crippen molar-refractivity contribution in [3.63, 3.8) is 0 Å². The summed E-state index contributed by atoms with van der Waals surface area (Å²) < 4.78 is 2.08. The van der Waals surface area contributed by atoms with E-state index in [1.165, 1.54) is 10.9 Å². The van der Waals surface area contributed by atoms with Gasteiger partial charge in [0, 0.05) is 47.6 Å². The number of fused-ring (bicyclic) bond motifs is 1. The lowest BCUT2D eigenvalue weighted by atomic mass is 10.2. The van der Waals surface area contributed by atoms with Crippen molar-refractivity contribution in [1.82, 2.24) is 4.57 Å². The summed E-state index contributed by atoms with van der Waals surface area (Å²) in [6, 6.07) is 8.24. The van der Waals surface area contributed by atoms with E-state index in [2.05, 4.69) is 38.7 Å². The predicted molar refractivity (Wildman–Crippen MR) is 72.6 cm³/mol. The van der Waals surface area contributed by atoms with Crippen LogP contribution in [0.2, 0.25) is 0 Å². The number of amides is 1. The van der Waals surface area contributed by atoms with Crippen molar-refractivity contribution in [2.45, 2.75) is 11.2 Å². The maximum absolute atomic E-state index is 11.8. The van der Waals surface area contributed by atoms with Gasteiger partial charge in [0.05, 0.1) is 0 Å². The molecule has 0 saturated carbocycles. The van der Waals surface area contributed by atoms with Crippen molar-refractivity contribution in [2.75, 3.05) is 11.4 Å². The lowest BCUT2D eigenvalue weighted by molar-refractivity contribution is -0.117. The minimum absolute atomic E-state index is 0.196. The van der Waals surface area contributed by atoms with Crippen molar-refractivity contribution in [1.29, 1.82) is 0 Å². The zero-order chi connectivity index (χ0) is 12.0. The fourth-order valence-corrected chi connectivity index (χ4v) is 2.92. The van der Waals surface area contributed by atoms with Crippen LogP contribution in [0.4, 0.5) is 5.69 Å². The summed E-state index contributed by atoms with van der Waals surface area (Å²) in [5.74, 6) is 0.196. The second kappa shape index (κ2) is 3.88. The largest absolute Gasteiger partial charge is 0.351 e. The highest BCUT2D eigenvalue weighted by Gasteiger charge is 2.28. The third kappa shape index (κ3) is 1.76. The molecule has 1 unspecified atom stereocenters. The molecule has 3 rings (SSSR count). The van der Waals surface area contributed by atoms with Crippen LogP contribution in [0, 0.1) is 0 Å². The van der Waals surface area contributed by atoms with E-state index in [4.69, 9.17) is 0 Å². The third-order valence-electron chi connectivity index (χ3n) is 3.26. The van der Waals surface area contributed by atoms with E-state index in [9.17, 15) is 4.79 Å². The van der Waals surface area contributed by atoms with E-state index in [0.717, 1.165) is 12.2 Å². The van der Waals surface area contributed by atoms with Crippen molar-refractivity contribution in [3.05, 3.63) is 30.5 Å². The Labute approximate surface area is 108 Å². The molecule has 1 amide bonds. The Balaban J connectivity index is 2.03. The fourth-order valence-electron chi connectivity index (χ4n) is 2.35. The smallest absolute Gasteiger partial charge is 0.228 e. The Kier molecular flexibility index (Phi) is 2.47. The SMILES string of the molecule is Cn1ccc2cc(N3CC(Br)CC3=O)ccc21. The van der Waals surface area contributed by atoms with Gasteiger partial charge in [-0.2, -0.15) is 0 Å². The first-order valence-corrected chi connectivity index (χ1v) is 6.56. The number of nitrogens with zero attached hydrogens (tertiary/aromatic N) is 2. The standard InChI is InChI=1S/C13H13BrN2O/c1-15-5-4-9-6-11(2-3-12(9)15)16-8-10(14)7-13(16)17/h2-6,10H,7-8H2,1H3. The van der Waals surface area contributed by atoms with Crippen LogP contribution in [0.5, 0.6) is 0 Å². The van der Waals surface area contributed by atoms with E-state index in [0.29, 0.717) is 6.42 Å². The molecule has 1 saturated heterocycles. The molecular weight excluding hydrogens is 280 g/mol. The number of carbonyl (C=O) groups is 1. The van der Waals surface area contributed by atoms with Gasteiger partial charge in [-0.15, -0.1) is 0 Å². The van der Waals surface area contributed by atoms with Gasteiger partial charge in [0.1, 0.15) is 0 Å². The molecule has 1 atom stereocenters. The molecule has 3 nitrogen and oxygen atoms in total. The number of halogens is 1.